The summed E-state index contributed by atoms with van der Waals surface area (Å²) in [5.41, 5.74) is 1.08. The Morgan fingerprint density at radius 1 is 1.41 bits per heavy atom. The summed E-state index contributed by atoms with van der Waals surface area (Å²) in [5, 5.41) is 19.3. The number of diazo groups is 1. The Bertz CT molecular complexity index is 725. The molecule has 0 saturated carbocycles. The van der Waals surface area contributed by atoms with Gasteiger partial charge in [0.1, 0.15) is 0 Å². The Hall–Kier alpha value is -2.35. The van der Waals surface area contributed by atoms with Gasteiger partial charge in [-0.25, -0.2) is 0 Å². The van der Waals surface area contributed by atoms with Crippen LogP contribution in [0.2, 0.25) is 0 Å². The molecule has 0 bridgehead atoms. The van der Waals surface area contributed by atoms with Crippen LogP contribution in [-0.2, 0) is 13.0 Å². The lowest BCUT2D eigenvalue weighted by Gasteiger charge is -2.18. The number of aryl methyl sites for hydroxylation is 2. The monoisotopic (exact) mass is 228 g/mol. The molecule has 5 heteroatoms. The molecule has 0 saturated heterocycles. The fraction of sp³-hybridized carbons (Fsp3) is 0.250. The van der Waals surface area contributed by atoms with Crippen molar-refractivity contribution in [1.29, 1.82) is 5.39 Å². The molecule has 0 atom stereocenters. The molecule has 0 spiro atoms. The number of pyridine rings is 1. The van der Waals surface area contributed by atoms with Crippen LogP contribution in [0, 0.1) is 5.39 Å². The lowest BCUT2D eigenvalue weighted by molar-refractivity contribution is 0.481. The Kier molecular flexibility index (Phi) is 1.92. The van der Waals surface area contributed by atoms with Crippen LogP contribution in [0.15, 0.2) is 23.0 Å². The lowest BCUT2D eigenvalue weighted by Crippen LogP contribution is -2.24. The Labute approximate surface area is 96.5 Å². The molecule has 1 aromatic carbocycles. The first-order valence-electron chi connectivity index (χ1n) is 5.46. The fourth-order valence-electron chi connectivity index (χ4n) is 2.49. The zero-order valence-corrected chi connectivity index (χ0v) is 9.05. The molecular weight excluding hydrogens is 218 g/mol. The van der Waals surface area contributed by atoms with Gasteiger partial charge < -0.3 is 9.67 Å². The zero-order chi connectivity index (χ0) is 12.0. The first-order valence-corrected chi connectivity index (χ1v) is 5.46. The molecular formula is C12H10N3O2+. The molecule has 1 aromatic heterocycles. The van der Waals surface area contributed by atoms with Crippen LogP contribution in [-0.4, -0.2) is 9.67 Å². The number of rotatable bonds is 0. The summed E-state index contributed by atoms with van der Waals surface area (Å²) in [7, 11) is 0. The third kappa shape index (κ3) is 1.18. The number of benzene rings is 1. The van der Waals surface area contributed by atoms with Gasteiger partial charge in [0.25, 0.3) is 0 Å². The summed E-state index contributed by atoms with van der Waals surface area (Å²) >= 11 is 0. The average Bonchev–Trinajstić information content (AvgIpc) is 2.36. The number of hydrogen-bond acceptors (Lipinski definition) is 3. The van der Waals surface area contributed by atoms with Gasteiger partial charge in [-0.15, -0.1) is 0 Å². The first-order chi connectivity index (χ1) is 8.24. The molecule has 3 rings (SSSR count). The molecule has 0 aliphatic carbocycles. The van der Waals surface area contributed by atoms with Gasteiger partial charge in [0.05, 0.1) is 5.52 Å². The van der Waals surface area contributed by atoms with Crippen molar-refractivity contribution in [2.24, 2.45) is 0 Å². The van der Waals surface area contributed by atoms with Gasteiger partial charge in [-0.2, -0.15) is 0 Å². The van der Waals surface area contributed by atoms with Crippen molar-refractivity contribution < 1.29 is 5.11 Å². The van der Waals surface area contributed by atoms with E-state index in [4.69, 9.17) is 5.39 Å². The molecule has 0 radical (unpaired) electrons. The van der Waals surface area contributed by atoms with Gasteiger partial charge in [0.15, 0.2) is 4.98 Å². The highest BCUT2D eigenvalue weighted by Crippen LogP contribution is 2.34. The first kappa shape index (κ1) is 9.85. The van der Waals surface area contributed by atoms with Crippen LogP contribution in [0.3, 0.4) is 0 Å². The highest BCUT2D eigenvalue weighted by Gasteiger charge is 2.28. The fourth-order valence-corrected chi connectivity index (χ4v) is 2.49. The van der Waals surface area contributed by atoms with E-state index in [1.807, 2.05) is 12.1 Å². The average molecular weight is 228 g/mol. The number of aromatic nitrogens is 1. The van der Waals surface area contributed by atoms with Gasteiger partial charge >= 0.3 is 11.2 Å². The highest BCUT2D eigenvalue weighted by atomic mass is 16.3. The summed E-state index contributed by atoms with van der Waals surface area (Å²) in [5.74, 6) is -0.243. The maximum absolute atomic E-state index is 12.0. The van der Waals surface area contributed by atoms with E-state index in [0.717, 1.165) is 23.9 Å². The molecule has 1 aliphatic heterocycles. The molecule has 2 heterocycles. The molecule has 17 heavy (non-hydrogen) atoms. The minimum Gasteiger partial charge on any atom is -0.501 e. The molecule has 0 fully saturated rings. The van der Waals surface area contributed by atoms with Crippen molar-refractivity contribution in [2.75, 3.05) is 0 Å². The summed E-state index contributed by atoms with van der Waals surface area (Å²) in [6, 6.07) is 5.51. The maximum Gasteiger partial charge on any atom is 0.490 e. The van der Waals surface area contributed by atoms with E-state index < -0.39 is 5.56 Å². The third-order valence-electron chi connectivity index (χ3n) is 3.24. The minimum absolute atomic E-state index is 0.243. The van der Waals surface area contributed by atoms with Gasteiger partial charge in [0, 0.05) is 11.9 Å². The third-order valence-corrected chi connectivity index (χ3v) is 3.24. The molecule has 0 amide bonds. The van der Waals surface area contributed by atoms with E-state index in [0.29, 0.717) is 11.9 Å². The van der Waals surface area contributed by atoms with E-state index in [1.165, 1.54) is 0 Å². The standard InChI is InChI=1S/C12H9N3O2/c13-14-9-11(16)8-5-1-3-7-4-2-6-15(10(7)8)12(9)17/h1,3,5H,2,4,6H2/p+1. The molecule has 2 aromatic rings. The normalized spacial score (nSPS) is 13.6. The van der Waals surface area contributed by atoms with E-state index in [-0.39, 0.29) is 11.4 Å². The van der Waals surface area contributed by atoms with Crippen molar-refractivity contribution in [2.45, 2.75) is 19.4 Å². The predicted octanol–water partition coefficient (Wildman–Crippen LogP) is 2.14. The second-order valence-corrected chi connectivity index (χ2v) is 4.17. The van der Waals surface area contributed by atoms with Crippen molar-refractivity contribution in [3.8, 4) is 5.75 Å². The van der Waals surface area contributed by atoms with E-state index in [1.54, 1.807) is 10.6 Å². The van der Waals surface area contributed by atoms with Gasteiger partial charge in [-0.1, -0.05) is 12.1 Å². The topological polar surface area (TPSA) is 70.4 Å². The summed E-state index contributed by atoms with van der Waals surface area (Å²) < 4.78 is 1.57. The smallest absolute Gasteiger partial charge is 0.490 e. The Morgan fingerprint density at radius 3 is 3.00 bits per heavy atom. The van der Waals surface area contributed by atoms with E-state index >= 15 is 0 Å². The number of hydrogen-bond donors (Lipinski definition) is 1. The Morgan fingerprint density at radius 2 is 2.24 bits per heavy atom. The van der Waals surface area contributed by atoms with Crippen LogP contribution in [0.4, 0.5) is 5.69 Å². The van der Waals surface area contributed by atoms with E-state index in [9.17, 15) is 9.90 Å². The van der Waals surface area contributed by atoms with Gasteiger partial charge in [-0.05, 0) is 24.5 Å². The number of aromatic hydroxyl groups is 1. The zero-order valence-electron chi connectivity index (χ0n) is 9.05. The van der Waals surface area contributed by atoms with Crippen LogP contribution in [0.1, 0.15) is 12.0 Å². The van der Waals surface area contributed by atoms with Crippen molar-refractivity contribution in [3.63, 3.8) is 0 Å². The summed E-state index contributed by atoms with van der Waals surface area (Å²) in [6.45, 7) is 0.592. The second-order valence-electron chi connectivity index (χ2n) is 4.17. The number of nitrogens with zero attached hydrogens (tertiary/aromatic N) is 3. The maximum atomic E-state index is 12.0. The quantitative estimate of drug-likeness (QED) is 0.702. The Balaban J connectivity index is 2.62. The van der Waals surface area contributed by atoms with Gasteiger partial charge in [-0.3, -0.25) is 4.79 Å². The molecule has 0 unspecified atom stereocenters. The van der Waals surface area contributed by atoms with Crippen LogP contribution in [0.5, 0.6) is 5.75 Å². The molecule has 1 N–H and O–H groups in total. The van der Waals surface area contributed by atoms with Gasteiger partial charge in [0.2, 0.25) is 11.1 Å². The second kappa shape index (κ2) is 3.32. The minimum atomic E-state index is -0.440. The highest BCUT2D eigenvalue weighted by molar-refractivity contribution is 5.92. The summed E-state index contributed by atoms with van der Waals surface area (Å²) in [4.78, 5) is 14.9. The van der Waals surface area contributed by atoms with Crippen LogP contribution >= 0.6 is 0 Å². The summed E-state index contributed by atoms with van der Waals surface area (Å²) in [6.07, 6.45) is 1.77. The van der Waals surface area contributed by atoms with Crippen LogP contribution in [0.25, 0.3) is 15.9 Å². The predicted molar refractivity (Wildman–Crippen MR) is 62.9 cm³/mol. The van der Waals surface area contributed by atoms with E-state index in [2.05, 4.69) is 4.98 Å². The van der Waals surface area contributed by atoms with Crippen LogP contribution < -0.4 is 5.56 Å². The number of para-hydroxylation sites is 1. The largest absolute Gasteiger partial charge is 0.501 e. The SMILES string of the molecule is N#[N+]c1c(O)c2cccc3c2n(c1=O)CCC3. The van der Waals surface area contributed by atoms with Crippen molar-refractivity contribution in [1.82, 2.24) is 4.57 Å². The molecule has 1 aliphatic rings. The van der Waals surface area contributed by atoms with Crippen molar-refractivity contribution in [3.05, 3.63) is 39.1 Å². The lowest BCUT2D eigenvalue weighted by atomic mass is 10.0. The molecule has 5 nitrogen and oxygen atoms in total. The molecule has 84 valence electrons. The van der Waals surface area contributed by atoms with Crippen molar-refractivity contribution >= 4 is 16.6 Å².